The van der Waals surface area contributed by atoms with Crippen molar-refractivity contribution >= 4 is 23.9 Å². The summed E-state index contributed by atoms with van der Waals surface area (Å²) in [6.07, 6.45) is 4.54. The molecule has 0 aliphatic carbocycles. The van der Waals surface area contributed by atoms with E-state index in [2.05, 4.69) is 30.8 Å². The van der Waals surface area contributed by atoms with Crippen molar-refractivity contribution in [3.63, 3.8) is 0 Å². The predicted molar refractivity (Wildman–Crippen MR) is 143 cm³/mol. The molecule has 0 spiro atoms. The maximum Gasteiger partial charge on any atom is 0.290 e. The van der Waals surface area contributed by atoms with Crippen LogP contribution in [0.2, 0.25) is 5.15 Å². The number of fused-ring (bicyclic) bond motifs is 1. The van der Waals surface area contributed by atoms with Gasteiger partial charge in [-0.1, -0.05) is 23.2 Å². The number of aromatic nitrogens is 9. The number of carboxylic acid groups (broad SMARTS) is 1. The van der Waals surface area contributed by atoms with E-state index in [1.165, 1.54) is 6.33 Å². The van der Waals surface area contributed by atoms with Gasteiger partial charge in [0.05, 0.1) is 17.4 Å². The molecule has 5 aromatic rings. The molecule has 0 saturated heterocycles. The standard InChI is InChI=1S/C24H21ClN10O.CH2O2/c1-13-3-5-17(34-12-28-32-33-34)15(9-13)16-10-21(36)35-18(6-8-20(35)29-16)24-30-22(23(25)31-24)14-4-7-19(26-2)27-11-14;2-1-3/h3-5,7,9-12,18H,6,8H2,1-2H3,(H,26,27)(H,30,31);1H,(H,2,3)/t18-;/m0./s1. The Bertz CT molecular complexity index is 1680. The Hall–Kier alpha value is -4.91. The molecule has 3 N–H and O–H groups in total. The van der Waals surface area contributed by atoms with E-state index in [0.717, 1.165) is 28.2 Å². The minimum atomic E-state index is -0.290. The van der Waals surface area contributed by atoms with Crippen molar-refractivity contribution in [3.05, 3.63) is 81.6 Å². The summed E-state index contributed by atoms with van der Waals surface area (Å²) in [5.74, 6) is 2.06. The van der Waals surface area contributed by atoms with Crippen LogP contribution in [-0.2, 0) is 11.2 Å². The average Bonchev–Trinajstić information content (AvgIpc) is 3.69. The normalized spacial score (nSPS) is 13.9. The third-order valence-corrected chi connectivity index (χ3v) is 6.56. The minimum absolute atomic E-state index is 0.157. The summed E-state index contributed by atoms with van der Waals surface area (Å²) in [6.45, 7) is 1.74. The predicted octanol–water partition coefficient (Wildman–Crippen LogP) is 2.91. The molecular formula is C25H23ClN10O3. The number of rotatable bonds is 5. The summed E-state index contributed by atoms with van der Waals surface area (Å²) in [4.78, 5) is 38.9. The van der Waals surface area contributed by atoms with Gasteiger partial charge in [-0.25, -0.2) is 15.0 Å². The second-order valence-corrected chi connectivity index (χ2v) is 9.05. The lowest BCUT2D eigenvalue weighted by molar-refractivity contribution is -0.122. The van der Waals surface area contributed by atoms with Crippen molar-refractivity contribution in [2.75, 3.05) is 12.4 Å². The quantitative estimate of drug-likeness (QED) is 0.278. The summed E-state index contributed by atoms with van der Waals surface area (Å²) in [5, 5.41) is 21.8. The number of H-pyrrole nitrogens is 1. The number of aromatic amines is 1. The summed E-state index contributed by atoms with van der Waals surface area (Å²) in [7, 11) is 1.81. The number of imidazole rings is 1. The van der Waals surface area contributed by atoms with E-state index in [4.69, 9.17) is 31.5 Å². The highest BCUT2D eigenvalue weighted by Crippen LogP contribution is 2.34. The number of carbonyl (C=O) groups is 1. The number of hydrogen-bond donors (Lipinski definition) is 3. The fraction of sp³-hybridized carbons (Fsp3) is 0.200. The largest absolute Gasteiger partial charge is 0.483 e. The lowest BCUT2D eigenvalue weighted by Crippen LogP contribution is -2.25. The Morgan fingerprint density at radius 1 is 1.21 bits per heavy atom. The van der Waals surface area contributed by atoms with Gasteiger partial charge in [0, 0.05) is 36.9 Å². The molecule has 0 fully saturated rings. The fourth-order valence-electron chi connectivity index (χ4n) is 4.57. The zero-order valence-corrected chi connectivity index (χ0v) is 21.7. The van der Waals surface area contributed by atoms with Crippen LogP contribution >= 0.6 is 11.6 Å². The first kappa shape index (κ1) is 25.7. The maximum absolute atomic E-state index is 13.4. The highest BCUT2D eigenvalue weighted by atomic mass is 35.5. The van der Waals surface area contributed by atoms with Crippen molar-refractivity contribution < 1.29 is 9.90 Å². The van der Waals surface area contributed by atoms with E-state index < -0.39 is 0 Å². The molecule has 0 bridgehead atoms. The van der Waals surface area contributed by atoms with Crippen LogP contribution in [0.3, 0.4) is 0 Å². The molecule has 1 aliphatic heterocycles. The van der Waals surface area contributed by atoms with Crippen LogP contribution in [0.4, 0.5) is 5.82 Å². The minimum Gasteiger partial charge on any atom is -0.483 e. The molecule has 0 amide bonds. The van der Waals surface area contributed by atoms with Crippen LogP contribution in [0.25, 0.3) is 28.2 Å². The first-order chi connectivity index (χ1) is 18.9. The number of pyridine rings is 1. The molecule has 198 valence electrons. The second kappa shape index (κ2) is 10.8. The molecule has 14 heteroatoms. The van der Waals surface area contributed by atoms with E-state index in [1.807, 2.05) is 44.3 Å². The van der Waals surface area contributed by atoms with Gasteiger partial charge in [0.25, 0.3) is 12.0 Å². The topological polar surface area (TPSA) is 169 Å². The summed E-state index contributed by atoms with van der Waals surface area (Å²) >= 11 is 6.50. The van der Waals surface area contributed by atoms with Gasteiger partial charge >= 0.3 is 0 Å². The Morgan fingerprint density at radius 2 is 2.03 bits per heavy atom. The Labute approximate surface area is 226 Å². The molecule has 6 rings (SSSR count). The van der Waals surface area contributed by atoms with E-state index >= 15 is 0 Å². The zero-order chi connectivity index (χ0) is 27.5. The Morgan fingerprint density at radius 3 is 2.72 bits per heavy atom. The van der Waals surface area contributed by atoms with Gasteiger partial charge in [0.2, 0.25) is 0 Å². The van der Waals surface area contributed by atoms with Crippen molar-refractivity contribution in [3.8, 4) is 28.2 Å². The number of nitrogens with one attached hydrogen (secondary N) is 2. The van der Waals surface area contributed by atoms with Crippen LogP contribution < -0.4 is 10.9 Å². The molecule has 4 aromatic heterocycles. The first-order valence-corrected chi connectivity index (χ1v) is 12.3. The van der Waals surface area contributed by atoms with E-state index in [1.54, 1.807) is 21.5 Å². The van der Waals surface area contributed by atoms with Gasteiger partial charge in [0.15, 0.2) is 0 Å². The molecule has 0 saturated carbocycles. The van der Waals surface area contributed by atoms with Crippen LogP contribution in [0.5, 0.6) is 0 Å². The molecule has 0 radical (unpaired) electrons. The van der Waals surface area contributed by atoms with E-state index in [0.29, 0.717) is 41.0 Å². The summed E-state index contributed by atoms with van der Waals surface area (Å²) < 4.78 is 3.26. The number of hydrogen-bond acceptors (Lipinski definition) is 9. The molecular weight excluding hydrogens is 524 g/mol. The van der Waals surface area contributed by atoms with Gasteiger partial charge in [-0.3, -0.25) is 14.2 Å². The van der Waals surface area contributed by atoms with Gasteiger partial charge in [-0.05, 0) is 48.0 Å². The SMILES string of the molecule is CNc1ccc(-c2nc([C@@H]3CCc4nc(-c5cc(C)ccc5-n5cnnn5)cc(=O)n43)[nH]c2Cl)cn1.O=CO. The van der Waals surface area contributed by atoms with Gasteiger partial charge in [-0.2, -0.15) is 4.68 Å². The first-order valence-electron chi connectivity index (χ1n) is 11.9. The second-order valence-electron chi connectivity index (χ2n) is 8.67. The third kappa shape index (κ3) is 4.99. The molecule has 1 aromatic carbocycles. The Kier molecular flexibility index (Phi) is 7.14. The molecule has 39 heavy (non-hydrogen) atoms. The number of benzene rings is 1. The maximum atomic E-state index is 13.4. The van der Waals surface area contributed by atoms with Crippen LogP contribution in [0, 0.1) is 6.92 Å². The van der Waals surface area contributed by atoms with Crippen molar-refractivity contribution in [2.24, 2.45) is 0 Å². The van der Waals surface area contributed by atoms with Crippen molar-refractivity contribution in [1.29, 1.82) is 0 Å². The third-order valence-electron chi connectivity index (χ3n) is 6.29. The average molecular weight is 547 g/mol. The molecule has 1 atom stereocenters. The number of tetrazole rings is 1. The lowest BCUT2D eigenvalue weighted by atomic mass is 10.1. The molecule has 1 aliphatic rings. The molecule has 0 unspecified atom stereocenters. The van der Waals surface area contributed by atoms with Gasteiger partial charge < -0.3 is 15.4 Å². The summed E-state index contributed by atoms with van der Waals surface area (Å²) in [5.41, 5.74) is 4.38. The van der Waals surface area contributed by atoms with Gasteiger partial charge in [-0.15, -0.1) is 5.10 Å². The van der Waals surface area contributed by atoms with E-state index in [9.17, 15) is 4.79 Å². The highest BCUT2D eigenvalue weighted by molar-refractivity contribution is 6.31. The number of nitrogens with zero attached hydrogens (tertiary/aromatic N) is 8. The smallest absolute Gasteiger partial charge is 0.290 e. The van der Waals surface area contributed by atoms with Crippen molar-refractivity contribution in [1.82, 2.24) is 44.7 Å². The molecule has 5 heterocycles. The van der Waals surface area contributed by atoms with Gasteiger partial charge in [0.1, 0.15) is 34.6 Å². The van der Waals surface area contributed by atoms with Crippen molar-refractivity contribution in [2.45, 2.75) is 25.8 Å². The van der Waals surface area contributed by atoms with Crippen LogP contribution in [0.1, 0.15) is 29.7 Å². The zero-order valence-electron chi connectivity index (χ0n) is 20.9. The number of aryl methyl sites for hydroxylation is 2. The Balaban J connectivity index is 0.000000983. The lowest BCUT2D eigenvalue weighted by Gasteiger charge is -2.14. The fourth-order valence-corrected chi connectivity index (χ4v) is 4.82. The highest BCUT2D eigenvalue weighted by Gasteiger charge is 2.30. The van der Waals surface area contributed by atoms with E-state index in [-0.39, 0.29) is 18.1 Å². The van der Waals surface area contributed by atoms with Crippen LogP contribution in [0.15, 0.2) is 53.7 Å². The number of halogens is 1. The monoisotopic (exact) mass is 546 g/mol. The summed E-state index contributed by atoms with van der Waals surface area (Å²) in [6, 6.07) is 10.9. The number of anilines is 1. The molecule has 13 nitrogen and oxygen atoms in total. The van der Waals surface area contributed by atoms with Crippen LogP contribution in [-0.4, -0.2) is 63.3 Å².